The summed E-state index contributed by atoms with van der Waals surface area (Å²) < 4.78 is 27.5. The average molecular weight is 437 g/mol. The van der Waals surface area contributed by atoms with Gasteiger partial charge in [0.25, 0.3) is 0 Å². The molecule has 29 heavy (non-hydrogen) atoms. The first-order chi connectivity index (χ1) is 13.8. The lowest BCUT2D eigenvalue weighted by molar-refractivity contribution is -0.131. The molecule has 0 spiro atoms. The van der Waals surface area contributed by atoms with Gasteiger partial charge in [-0.3, -0.25) is 4.79 Å². The van der Waals surface area contributed by atoms with Crippen molar-refractivity contribution >= 4 is 27.5 Å². The Balaban J connectivity index is 1.28. The van der Waals surface area contributed by atoms with Crippen LogP contribution in [-0.4, -0.2) is 37.3 Å². The second kappa shape index (κ2) is 7.24. The van der Waals surface area contributed by atoms with Gasteiger partial charge in [0.05, 0.1) is 10.8 Å². The highest BCUT2D eigenvalue weighted by atomic mass is 35.5. The molecule has 0 unspecified atom stereocenters. The van der Waals surface area contributed by atoms with Crippen molar-refractivity contribution in [3.8, 4) is 0 Å². The van der Waals surface area contributed by atoms with Crippen molar-refractivity contribution in [1.29, 1.82) is 0 Å². The van der Waals surface area contributed by atoms with Crippen molar-refractivity contribution in [1.82, 2.24) is 9.62 Å². The number of nitrogens with one attached hydrogen (secondary N) is 1. The smallest absolute Gasteiger partial charge is 0.243 e. The maximum Gasteiger partial charge on any atom is 0.243 e. The van der Waals surface area contributed by atoms with Crippen LogP contribution in [0.1, 0.15) is 51.4 Å². The Labute approximate surface area is 178 Å². The molecule has 158 valence electrons. The molecule has 0 radical (unpaired) electrons. The molecule has 6 rings (SSSR count). The average Bonchev–Trinajstić information content (AvgIpc) is 2.67. The topological polar surface area (TPSA) is 66.5 Å². The number of hydrogen-bond donors (Lipinski definition) is 1. The first kappa shape index (κ1) is 19.8. The lowest BCUT2D eigenvalue weighted by atomic mass is 9.53. The van der Waals surface area contributed by atoms with Crippen molar-refractivity contribution in [2.45, 2.75) is 61.8 Å². The number of sulfonamides is 1. The number of hydrogen-bond acceptors (Lipinski definition) is 3. The highest BCUT2D eigenvalue weighted by Gasteiger charge is 2.52. The van der Waals surface area contributed by atoms with E-state index in [-0.39, 0.29) is 28.8 Å². The number of rotatable bonds is 4. The van der Waals surface area contributed by atoms with Crippen LogP contribution < -0.4 is 5.32 Å². The molecular weight excluding hydrogens is 408 g/mol. The third-order valence-electron chi connectivity index (χ3n) is 7.63. The van der Waals surface area contributed by atoms with E-state index >= 15 is 0 Å². The van der Waals surface area contributed by atoms with Gasteiger partial charge in [-0.25, -0.2) is 8.42 Å². The molecule has 1 heterocycles. The van der Waals surface area contributed by atoms with E-state index < -0.39 is 10.0 Å². The number of nitrogens with zero attached hydrogens (tertiary/aromatic N) is 1. The molecule has 1 N–H and O–H groups in total. The highest BCUT2D eigenvalue weighted by Crippen LogP contribution is 2.55. The van der Waals surface area contributed by atoms with Gasteiger partial charge in [-0.1, -0.05) is 11.6 Å². The fourth-order valence-electron chi connectivity index (χ4n) is 6.76. The standard InChI is InChI=1S/C22H29ClN2O3S/c23-19-3-5-20(6-4-19)29(27,28)25-7-1-2-18(14-25)21(26)24-22-11-15-8-16(12-22)10-17(9-15)13-22/h3-6,15-18H,1-2,7-14H2,(H,24,26)/t15?,16?,17?,18-,22?/m1/s1. The van der Waals surface area contributed by atoms with Crippen molar-refractivity contribution in [3.63, 3.8) is 0 Å². The molecule has 5 nitrogen and oxygen atoms in total. The fourth-order valence-corrected chi connectivity index (χ4v) is 8.41. The van der Waals surface area contributed by atoms with Gasteiger partial charge < -0.3 is 5.32 Å². The van der Waals surface area contributed by atoms with Gasteiger partial charge in [0.1, 0.15) is 0 Å². The van der Waals surface area contributed by atoms with Crippen LogP contribution in [0.2, 0.25) is 5.02 Å². The summed E-state index contributed by atoms with van der Waals surface area (Å²) in [4.78, 5) is 13.4. The van der Waals surface area contributed by atoms with E-state index in [0.717, 1.165) is 43.4 Å². The zero-order chi connectivity index (χ0) is 20.2. The number of carbonyl (C=O) groups is 1. The van der Waals surface area contributed by atoms with Crippen LogP contribution in [-0.2, 0) is 14.8 Å². The largest absolute Gasteiger partial charge is 0.350 e. The SMILES string of the molecule is O=C(NC12CC3CC(CC(C3)C1)C2)[C@@H]1CCCN(S(=O)(=O)c2ccc(Cl)cc2)C1. The van der Waals surface area contributed by atoms with E-state index in [1.807, 2.05) is 0 Å². The number of piperidine rings is 1. The molecule has 1 aromatic rings. The van der Waals surface area contributed by atoms with Gasteiger partial charge in [0.15, 0.2) is 0 Å². The van der Waals surface area contributed by atoms with Gasteiger partial charge >= 0.3 is 0 Å². The fraction of sp³-hybridized carbons (Fsp3) is 0.682. The molecule has 4 saturated carbocycles. The Morgan fingerprint density at radius 3 is 2.21 bits per heavy atom. The van der Waals surface area contributed by atoms with E-state index in [4.69, 9.17) is 11.6 Å². The number of benzene rings is 1. The third kappa shape index (κ3) is 3.72. The van der Waals surface area contributed by atoms with Crippen LogP contribution in [0, 0.1) is 23.7 Å². The molecule has 1 aromatic carbocycles. The molecule has 1 amide bonds. The molecule has 5 fully saturated rings. The zero-order valence-corrected chi connectivity index (χ0v) is 18.2. The maximum atomic E-state index is 13.2. The van der Waals surface area contributed by atoms with Crippen LogP contribution in [0.3, 0.4) is 0 Å². The molecule has 0 aromatic heterocycles. The van der Waals surface area contributed by atoms with E-state index in [2.05, 4.69) is 5.32 Å². The van der Waals surface area contributed by atoms with Crippen LogP contribution in [0.5, 0.6) is 0 Å². The molecule has 1 atom stereocenters. The molecule has 5 aliphatic rings. The van der Waals surface area contributed by atoms with E-state index in [0.29, 0.717) is 18.0 Å². The minimum Gasteiger partial charge on any atom is -0.350 e. The van der Waals surface area contributed by atoms with Crippen LogP contribution in [0.4, 0.5) is 0 Å². The number of halogens is 1. The Morgan fingerprint density at radius 1 is 1.03 bits per heavy atom. The molecule has 4 bridgehead atoms. The quantitative estimate of drug-likeness (QED) is 0.780. The molecular formula is C22H29ClN2O3S. The maximum absolute atomic E-state index is 13.2. The predicted molar refractivity (Wildman–Crippen MR) is 112 cm³/mol. The summed E-state index contributed by atoms with van der Waals surface area (Å²) in [5.41, 5.74) is -0.0246. The lowest BCUT2D eigenvalue weighted by Gasteiger charge is -2.57. The van der Waals surface area contributed by atoms with Crippen LogP contribution in [0.15, 0.2) is 29.2 Å². The second-order valence-electron chi connectivity index (χ2n) is 9.84. The minimum atomic E-state index is -3.60. The van der Waals surface area contributed by atoms with Crippen molar-refractivity contribution in [2.24, 2.45) is 23.7 Å². The summed E-state index contributed by atoms with van der Waals surface area (Å²) in [6.45, 7) is 0.731. The van der Waals surface area contributed by atoms with E-state index in [1.165, 1.54) is 35.7 Å². The lowest BCUT2D eigenvalue weighted by Crippen LogP contribution is -2.61. The Morgan fingerprint density at radius 2 is 1.62 bits per heavy atom. The van der Waals surface area contributed by atoms with Crippen molar-refractivity contribution in [3.05, 3.63) is 29.3 Å². The second-order valence-corrected chi connectivity index (χ2v) is 12.2. The van der Waals surface area contributed by atoms with Crippen LogP contribution in [0.25, 0.3) is 0 Å². The summed E-state index contributed by atoms with van der Waals surface area (Å²) in [7, 11) is -3.60. The summed E-state index contributed by atoms with van der Waals surface area (Å²) in [5, 5.41) is 3.95. The zero-order valence-electron chi connectivity index (χ0n) is 16.6. The first-order valence-corrected chi connectivity index (χ1v) is 12.7. The molecule has 1 saturated heterocycles. The molecule has 4 aliphatic carbocycles. The third-order valence-corrected chi connectivity index (χ3v) is 9.76. The monoisotopic (exact) mass is 436 g/mol. The minimum absolute atomic E-state index is 0.0246. The molecule has 1 aliphatic heterocycles. The Bertz CT molecular complexity index is 864. The Hall–Kier alpha value is -1.11. The number of carbonyl (C=O) groups excluding carboxylic acids is 1. The van der Waals surface area contributed by atoms with Gasteiger partial charge in [-0.15, -0.1) is 0 Å². The number of amides is 1. The Kier molecular flexibility index (Phi) is 4.95. The summed E-state index contributed by atoms with van der Waals surface area (Å²) in [6.07, 6.45) is 8.83. The van der Waals surface area contributed by atoms with E-state index in [9.17, 15) is 13.2 Å². The van der Waals surface area contributed by atoms with Gasteiger partial charge in [-0.2, -0.15) is 4.31 Å². The summed E-state index contributed by atoms with van der Waals surface area (Å²) in [6, 6.07) is 6.26. The van der Waals surface area contributed by atoms with Crippen molar-refractivity contribution in [2.75, 3.05) is 13.1 Å². The summed E-state index contributed by atoms with van der Waals surface area (Å²) >= 11 is 5.90. The molecule has 7 heteroatoms. The van der Waals surface area contributed by atoms with Gasteiger partial charge in [-0.05, 0) is 93.4 Å². The van der Waals surface area contributed by atoms with Gasteiger partial charge in [0.2, 0.25) is 15.9 Å². The predicted octanol–water partition coefficient (Wildman–Crippen LogP) is 3.83. The first-order valence-electron chi connectivity index (χ1n) is 10.9. The van der Waals surface area contributed by atoms with Gasteiger partial charge in [0, 0.05) is 23.7 Å². The highest BCUT2D eigenvalue weighted by molar-refractivity contribution is 7.89. The summed E-state index contributed by atoms with van der Waals surface area (Å²) in [5.74, 6) is 2.11. The normalized spacial score (nSPS) is 36.9. The van der Waals surface area contributed by atoms with E-state index in [1.54, 1.807) is 12.1 Å². The van der Waals surface area contributed by atoms with Crippen molar-refractivity contribution < 1.29 is 13.2 Å². The van der Waals surface area contributed by atoms with Crippen LogP contribution >= 0.6 is 11.6 Å².